The second kappa shape index (κ2) is 10.6. The Morgan fingerprint density at radius 3 is 2.81 bits per heavy atom. The first-order chi connectivity index (χ1) is 17.7. The highest BCUT2D eigenvalue weighted by molar-refractivity contribution is 5.95. The highest BCUT2D eigenvalue weighted by Gasteiger charge is 2.44. The lowest BCUT2D eigenvalue weighted by molar-refractivity contribution is -0.162. The molecule has 1 aromatic carbocycles. The molecule has 0 fully saturated rings. The summed E-state index contributed by atoms with van der Waals surface area (Å²) >= 11 is 0. The SMILES string of the molecule is CC[C@@]1(O)C(=O)OCC(C)=C1/C=C1/c2nc3cc(F)c(C)cc3c(/C=C/COCNC=O)c2CN1C=O. The zero-order valence-corrected chi connectivity index (χ0v) is 20.8. The third-order valence-corrected chi connectivity index (χ3v) is 6.64. The maximum Gasteiger partial charge on any atom is 0.343 e. The first-order valence-electron chi connectivity index (χ1n) is 11.8. The van der Waals surface area contributed by atoms with E-state index in [2.05, 4.69) is 5.32 Å². The lowest BCUT2D eigenvalue weighted by atomic mass is 9.85. The molecular formula is C27H28FN3O6. The lowest BCUT2D eigenvalue weighted by Gasteiger charge is -2.32. The molecular weight excluding hydrogens is 481 g/mol. The summed E-state index contributed by atoms with van der Waals surface area (Å²) in [6, 6.07) is 3.05. The Bertz CT molecular complexity index is 1370. The first-order valence-corrected chi connectivity index (χ1v) is 11.8. The Hall–Kier alpha value is -3.89. The number of carbonyl (C=O) groups excluding carboxylic acids is 3. The summed E-state index contributed by atoms with van der Waals surface area (Å²) in [5.41, 5.74) is 2.30. The van der Waals surface area contributed by atoms with Gasteiger partial charge in [0, 0.05) is 17.0 Å². The van der Waals surface area contributed by atoms with Crippen molar-refractivity contribution in [3.05, 3.63) is 63.6 Å². The van der Waals surface area contributed by atoms with Crippen molar-refractivity contribution in [1.82, 2.24) is 15.2 Å². The standard InChI is InChI=1S/C27H28FN3O6/c1-4-27(35)21(17(3)12-37-26(27)34)9-24-25-20(11-31(24)15-33)18(6-5-7-36-14-29-13-32)19-8-16(2)22(28)10-23(19)30-25/h5-6,8-10,13,15,35H,4,7,11-12,14H2,1-3H3,(H,29,32)/b6-5+,24-9-/t27-/m0/s1. The second-order valence-electron chi connectivity index (χ2n) is 8.96. The van der Waals surface area contributed by atoms with Crippen LogP contribution in [0.3, 0.4) is 0 Å². The van der Waals surface area contributed by atoms with Crippen LogP contribution in [0.1, 0.15) is 42.7 Å². The van der Waals surface area contributed by atoms with Gasteiger partial charge in [0.25, 0.3) is 0 Å². The molecule has 1 aromatic heterocycles. The maximum absolute atomic E-state index is 14.5. The van der Waals surface area contributed by atoms with Crippen LogP contribution >= 0.6 is 0 Å². The van der Waals surface area contributed by atoms with Gasteiger partial charge in [-0.1, -0.05) is 19.1 Å². The van der Waals surface area contributed by atoms with Crippen molar-refractivity contribution in [1.29, 1.82) is 0 Å². The number of aryl methyl sites for hydroxylation is 1. The molecule has 194 valence electrons. The van der Waals surface area contributed by atoms with E-state index in [-0.39, 0.29) is 32.9 Å². The molecule has 0 bridgehead atoms. The van der Waals surface area contributed by atoms with Crippen LogP contribution in [-0.2, 0) is 30.4 Å². The van der Waals surface area contributed by atoms with E-state index in [4.69, 9.17) is 14.5 Å². The minimum absolute atomic E-state index is 0.0246. The Kier molecular flexibility index (Phi) is 7.51. The van der Waals surface area contributed by atoms with Gasteiger partial charge in [0.15, 0.2) is 5.60 Å². The zero-order valence-electron chi connectivity index (χ0n) is 20.8. The van der Waals surface area contributed by atoms with Crippen molar-refractivity contribution in [2.45, 2.75) is 39.3 Å². The number of nitrogens with one attached hydrogen (secondary N) is 1. The summed E-state index contributed by atoms with van der Waals surface area (Å²) in [5, 5.41) is 14.2. The molecule has 3 heterocycles. The number of ether oxygens (including phenoxy) is 2. The van der Waals surface area contributed by atoms with Crippen LogP contribution in [0.2, 0.25) is 0 Å². The molecule has 4 rings (SSSR count). The van der Waals surface area contributed by atoms with Gasteiger partial charge in [-0.25, -0.2) is 14.2 Å². The molecule has 1 atom stereocenters. The largest absolute Gasteiger partial charge is 0.459 e. The fraction of sp³-hybridized carbons (Fsp3) is 0.333. The number of hydrogen-bond acceptors (Lipinski definition) is 7. The Morgan fingerprint density at radius 2 is 2.11 bits per heavy atom. The number of fused-ring (bicyclic) bond motifs is 2. The highest BCUT2D eigenvalue weighted by atomic mass is 19.1. The van der Waals surface area contributed by atoms with Gasteiger partial charge >= 0.3 is 5.97 Å². The molecule has 0 aliphatic carbocycles. The molecule has 0 saturated heterocycles. The highest BCUT2D eigenvalue weighted by Crippen LogP contribution is 2.40. The fourth-order valence-corrected chi connectivity index (χ4v) is 4.59. The zero-order chi connectivity index (χ0) is 26.7. The third-order valence-electron chi connectivity index (χ3n) is 6.64. The number of halogens is 1. The predicted octanol–water partition coefficient (Wildman–Crippen LogP) is 2.74. The average molecular weight is 510 g/mol. The number of hydrogen-bond donors (Lipinski definition) is 2. The number of nitrogens with zero attached hydrogens (tertiary/aromatic N) is 2. The molecule has 2 aliphatic heterocycles. The van der Waals surface area contributed by atoms with E-state index in [1.807, 2.05) is 6.08 Å². The molecule has 0 saturated carbocycles. The summed E-state index contributed by atoms with van der Waals surface area (Å²) in [5.74, 6) is -1.16. The van der Waals surface area contributed by atoms with E-state index in [0.29, 0.717) is 51.8 Å². The quantitative estimate of drug-likeness (QED) is 0.231. The number of carbonyl (C=O) groups is 3. The van der Waals surface area contributed by atoms with E-state index in [0.717, 1.165) is 11.1 Å². The molecule has 10 heteroatoms. The number of esters is 1. The van der Waals surface area contributed by atoms with Crippen LogP contribution in [-0.4, -0.2) is 59.3 Å². The number of amides is 2. The summed E-state index contributed by atoms with van der Waals surface area (Å²) in [6.07, 6.45) is 6.46. The molecule has 9 nitrogen and oxygen atoms in total. The van der Waals surface area contributed by atoms with Gasteiger partial charge < -0.3 is 24.8 Å². The van der Waals surface area contributed by atoms with Gasteiger partial charge in [0.1, 0.15) is 19.2 Å². The summed E-state index contributed by atoms with van der Waals surface area (Å²) in [7, 11) is 0. The number of benzene rings is 1. The van der Waals surface area contributed by atoms with E-state index < -0.39 is 17.4 Å². The molecule has 2 aliphatic rings. The number of pyridine rings is 1. The normalized spacial score (nSPS) is 20.6. The number of aromatic nitrogens is 1. The van der Waals surface area contributed by atoms with Crippen molar-refractivity contribution in [3.8, 4) is 0 Å². The van der Waals surface area contributed by atoms with Gasteiger partial charge in [-0.2, -0.15) is 0 Å². The average Bonchev–Trinajstić information content (AvgIpc) is 3.23. The molecule has 0 unspecified atom stereocenters. The maximum atomic E-state index is 14.5. The molecule has 2 aromatic rings. The van der Waals surface area contributed by atoms with E-state index >= 15 is 0 Å². The monoisotopic (exact) mass is 509 g/mol. The van der Waals surface area contributed by atoms with E-state index in [9.17, 15) is 23.9 Å². The summed E-state index contributed by atoms with van der Waals surface area (Å²) in [6.45, 7) is 5.56. The number of rotatable bonds is 9. The van der Waals surface area contributed by atoms with Gasteiger partial charge in [0.2, 0.25) is 12.8 Å². The van der Waals surface area contributed by atoms with Crippen molar-refractivity contribution in [3.63, 3.8) is 0 Å². The van der Waals surface area contributed by atoms with Crippen LogP contribution in [0.15, 0.2) is 35.4 Å². The van der Waals surface area contributed by atoms with Crippen molar-refractivity contribution in [2.24, 2.45) is 0 Å². The Labute approximate surface area is 213 Å². The van der Waals surface area contributed by atoms with Gasteiger partial charge in [-0.15, -0.1) is 0 Å². The van der Waals surface area contributed by atoms with Crippen LogP contribution in [0.5, 0.6) is 0 Å². The fourth-order valence-electron chi connectivity index (χ4n) is 4.59. The van der Waals surface area contributed by atoms with Crippen molar-refractivity contribution >= 4 is 41.5 Å². The third kappa shape index (κ3) is 4.77. The predicted molar refractivity (Wildman–Crippen MR) is 134 cm³/mol. The van der Waals surface area contributed by atoms with Gasteiger partial charge in [-0.05, 0) is 54.7 Å². The summed E-state index contributed by atoms with van der Waals surface area (Å²) < 4.78 is 25.0. The first kappa shape index (κ1) is 26.2. The number of aliphatic hydroxyl groups is 1. The van der Waals surface area contributed by atoms with E-state index in [1.54, 1.807) is 39.0 Å². The molecule has 37 heavy (non-hydrogen) atoms. The van der Waals surface area contributed by atoms with Crippen LogP contribution in [0, 0.1) is 12.7 Å². The van der Waals surface area contributed by atoms with Gasteiger partial charge in [0.05, 0.1) is 30.1 Å². The molecule has 0 spiro atoms. The van der Waals surface area contributed by atoms with Crippen LogP contribution in [0.4, 0.5) is 4.39 Å². The second-order valence-corrected chi connectivity index (χ2v) is 8.96. The minimum atomic E-state index is -1.86. The minimum Gasteiger partial charge on any atom is -0.459 e. The molecule has 2 amide bonds. The van der Waals surface area contributed by atoms with Crippen LogP contribution in [0.25, 0.3) is 22.7 Å². The van der Waals surface area contributed by atoms with Gasteiger partial charge in [-0.3, -0.25) is 9.59 Å². The molecule has 0 radical (unpaired) electrons. The Balaban J connectivity index is 1.90. The smallest absolute Gasteiger partial charge is 0.343 e. The van der Waals surface area contributed by atoms with Crippen molar-refractivity contribution in [2.75, 3.05) is 19.9 Å². The lowest BCUT2D eigenvalue weighted by Crippen LogP contribution is -2.45. The van der Waals surface area contributed by atoms with E-state index in [1.165, 1.54) is 11.0 Å². The molecule has 2 N–H and O–H groups in total. The van der Waals surface area contributed by atoms with Crippen molar-refractivity contribution < 1.29 is 33.4 Å². The topological polar surface area (TPSA) is 118 Å². The Morgan fingerprint density at radius 1 is 1.32 bits per heavy atom. The van der Waals surface area contributed by atoms with Crippen LogP contribution < -0.4 is 5.32 Å². The number of cyclic esters (lactones) is 1. The summed E-state index contributed by atoms with van der Waals surface area (Å²) in [4.78, 5) is 41.1.